The van der Waals surface area contributed by atoms with Crippen LogP contribution >= 0.6 is 0 Å². The first-order chi connectivity index (χ1) is 18.5. The molecule has 1 unspecified atom stereocenters. The first-order valence-electron chi connectivity index (χ1n) is 13.8. The number of aryl methyl sites for hydroxylation is 1. The zero-order valence-electron chi connectivity index (χ0n) is 22.0. The van der Waals surface area contributed by atoms with Crippen molar-refractivity contribution in [1.82, 2.24) is 4.90 Å². The molecular formula is C35H32FNO. The van der Waals surface area contributed by atoms with Gasteiger partial charge in [0.1, 0.15) is 11.6 Å². The molecule has 7 rings (SSSR count). The van der Waals surface area contributed by atoms with Crippen molar-refractivity contribution in [2.24, 2.45) is 5.92 Å². The molecule has 3 atom stereocenters. The van der Waals surface area contributed by atoms with Crippen LogP contribution in [0.1, 0.15) is 48.1 Å². The molecule has 3 aliphatic rings. The lowest BCUT2D eigenvalue weighted by Gasteiger charge is -2.54. The number of halogens is 1. The van der Waals surface area contributed by atoms with E-state index in [1.54, 1.807) is 19.1 Å². The molecular weight excluding hydrogens is 469 g/mol. The quantitative estimate of drug-likeness (QED) is 0.298. The van der Waals surface area contributed by atoms with E-state index in [-0.39, 0.29) is 23.6 Å². The van der Waals surface area contributed by atoms with Crippen LogP contribution in [-0.4, -0.2) is 23.3 Å². The summed E-state index contributed by atoms with van der Waals surface area (Å²) in [6.07, 6.45) is 2.57. The number of rotatable bonds is 4. The number of carbonyl (C=O) groups excluding carboxylic acids is 1. The van der Waals surface area contributed by atoms with E-state index in [2.05, 4.69) is 84.6 Å². The molecule has 1 aliphatic carbocycles. The van der Waals surface area contributed by atoms with Crippen molar-refractivity contribution in [3.63, 3.8) is 0 Å². The van der Waals surface area contributed by atoms with Crippen LogP contribution in [0.15, 0.2) is 97.1 Å². The predicted molar refractivity (Wildman–Crippen MR) is 150 cm³/mol. The van der Waals surface area contributed by atoms with Crippen LogP contribution in [0.25, 0.3) is 11.1 Å². The standard InChI is InChI=1S/C35H32FNO/c1-23-33(24(2)38)37-22-20-26-9-3-6-12-30(26)34(37,21-19-25-15-17-27(36)18-16-25)35(23)31-13-7-4-10-28(31)29-11-5-8-14-32(29)35/h3-18,23,33H,19-22H2,1-2H3/t23-,33?,34-/m1/s1. The minimum atomic E-state index is -0.422. The first kappa shape index (κ1) is 23.5. The summed E-state index contributed by atoms with van der Waals surface area (Å²) in [7, 11) is 0. The van der Waals surface area contributed by atoms with Gasteiger partial charge >= 0.3 is 0 Å². The Balaban J connectivity index is 1.58. The van der Waals surface area contributed by atoms with E-state index in [0.717, 1.165) is 31.4 Å². The molecule has 0 aromatic heterocycles. The van der Waals surface area contributed by atoms with Crippen molar-refractivity contribution in [2.75, 3.05) is 6.54 Å². The Labute approximate surface area is 224 Å². The van der Waals surface area contributed by atoms with Gasteiger partial charge in [-0.1, -0.05) is 91.9 Å². The highest BCUT2D eigenvalue weighted by molar-refractivity contribution is 5.88. The number of nitrogens with zero attached hydrogens (tertiary/aromatic N) is 1. The second-order valence-electron chi connectivity index (χ2n) is 11.3. The number of carbonyl (C=O) groups is 1. The Kier molecular flexibility index (Phi) is 5.25. The third-order valence-electron chi connectivity index (χ3n) is 9.82. The lowest BCUT2D eigenvalue weighted by atomic mass is 9.54. The normalized spacial score (nSPS) is 24.5. The molecule has 3 heteroatoms. The van der Waals surface area contributed by atoms with Crippen molar-refractivity contribution in [3.8, 4) is 11.1 Å². The molecule has 2 aliphatic heterocycles. The number of Topliss-reactive ketones (excluding diaryl/α,β-unsaturated/α-hetero) is 1. The summed E-state index contributed by atoms with van der Waals surface area (Å²) in [5, 5.41) is 0. The maximum Gasteiger partial charge on any atom is 0.147 e. The molecule has 0 saturated carbocycles. The number of benzene rings is 4. The van der Waals surface area contributed by atoms with Gasteiger partial charge < -0.3 is 0 Å². The van der Waals surface area contributed by atoms with Gasteiger partial charge in [-0.2, -0.15) is 0 Å². The predicted octanol–water partition coefficient (Wildman–Crippen LogP) is 7.09. The second-order valence-corrected chi connectivity index (χ2v) is 11.3. The largest absolute Gasteiger partial charge is 0.298 e. The number of hydrogen-bond donors (Lipinski definition) is 0. The van der Waals surface area contributed by atoms with Crippen molar-refractivity contribution in [1.29, 1.82) is 0 Å². The third kappa shape index (κ3) is 2.88. The maximum atomic E-state index is 13.8. The van der Waals surface area contributed by atoms with Gasteiger partial charge in [-0.3, -0.25) is 9.69 Å². The summed E-state index contributed by atoms with van der Waals surface area (Å²) >= 11 is 0. The lowest BCUT2D eigenvalue weighted by Crippen LogP contribution is -2.58. The smallest absolute Gasteiger partial charge is 0.147 e. The molecule has 1 spiro atoms. The van der Waals surface area contributed by atoms with Gasteiger partial charge in [0.25, 0.3) is 0 Å². The SMILES string of the molecule is CC(=O)C1[C@@H](C)C2(c3ccccc3-c3ccccc32)[C@@]2(CCc3ccc(F)cc3)c3ccccc3CCN12. The van der Waals surface area contributed by atoms with Crippen LogP contribution in [0.3, 0.4) is 0 Å². The fraction of sp³-hybridized carbons (Fsp3) is 0.286. The topological polar surface area (TPSA) is 20.3 Å². The van der Waals surface area contributed by atoms with Gasteiger partial charge in [-0.15, -0.1) is 0 Å². The minimum absolute atomic E-state index is 0.0733. The maximum absolute atomic E-state index is 13.8. The summed E-state index contributed by atoms with van der Waals surface area (Å²) in [6, 6.07) is 33.4. The lowest BCUT2D eigenvalue weighted by molar-refractivity contribution is -0.123. The summed E-state index contributed by atoms with van der Waals surface area (Å²) in [5.41, 5.74) is 8.25. The third-order valence-corrected chi connectivity index (χ3v) is 9.82. The van der Waals surface area contributed by atoms with Crippen molar-refractivity contribution >= 4 is 5.78 Å². The van der Waals surface area contributed by atoms with Gasteiger partial charge in [0.05, 0.1) is 11.6 Å². The van der Waals surface area contributed by atoms with E-state index < -0.39 is 11.0 Å². The van der Waals surface area contributed by atoms with Crippen LogP contribution in [0, 0.1) is 11.7 Å². The van der Waals surface area contributed by atoms with E-state index in [1.807, 2.05) is 12.1 Å². The summed E-state index contributed by atoms with van der Waals surface area (Å²) in [4.78, 5) is 16.1. The minimum Gasteiger partial charge on any atom is -0.298 e. The van der Waals surface area contributed by atoms with E-state index in [0.29, 0.717) is 0 Å². The molecule has 0 bridgehead atoms. The van der Waals surface area contributed by atoms with Crippen LogP contribution < -0.4 is 0 Å². The summed E-state index contributed by atoms with van der Waals surface area (Å²) < 4.78 is 13.8. The Morgan fingerprint density at radius 2 is 1.42 bits per heavy atom. The Hall–Kier alpha value is -3.56. The Bertz CT molecular complexity index is 1510. The van der Waals surface area contributed by atoms with Gasteiger partial charge in [-0.25, -0.2) is 4.39 Å². The monoisotopic (exact) mass is 501 g/mol. The molecule has 0 amide bonds. The van der Waals surface area contributed by atoms with Crippen LogP contribution in [0.5, 0.6) is 0 Å². The fourth-order valence-corrected chi connectivity index (χ4v) is 8.66. The molecule has 0 N–H and O–H groups in total. The molecule has 1 saturated heterocycles. The highest BCUT2D eigenvalue weighted by Crippen LogP contribution is 2.69. The fourth-order valence-electron chi connectivity index (χ4n) is 8.66. The van der Waals surface area contributed by atoms with Gasteiger partial charge in [0, 0.05) is 12.0 Å². The van der Waals surface area contributed by atoms with Crippen LogP contribution in [0.2, 0.25) is 0 Å². The average molecular weight is 502 g/mol. The molecule has 0 radical (unpaired) electrons. The molecule has 2 nitrogen and oxygen atoms in total. The summed E-state index contributed by atoms with van der Waals surface area (Å²) in [6.45, 7) is 4.94. The van der Waals surface area contributed by atoms with E-state index in [4.69, 9.17) is 0 Å². The molecule has 4 aromatic carbocycles. The van der Waals surface area contributed by atoms with Crippen molar-refractivity contribution in [3.05, 3.63) is 131 Å². The highest BCUT2D eigenvalue weighted by atomic mass is 19.1. The molecule has 190 valence electrons. The highest BCUT2D eigenvalue weighted by Gasteiger charge is 2.71. The molecule has 4 aromatic rings. The number of fused-ring (bicyclic) bond motifs is 9. The average Bonchev–Trinajstić information content (AvgIpc) is 3.37. The van der Waals surface area contributed by atoms with Crippen LogP contribution in [-0.2, 0) is 28.6 Å². The Morgan fingerprint density at radius 3 is 2.05 bits per heavy atom. The van der Waals surface area contributed by atoms with E-state index in [1.165, 1.54) is 33.4 Å². The van der Waals surface area contributed by atoms with Gasteiger partial charge in [-0.05, 0) is 83.2 Å². The molecule has 1 fully saturated rings. The Morgan fingerprint density at radius 1 is 0.842 bits per heavy atom. The van der Waals surface area contributed by atoms with E-state index in [9.17, 15) is 9.18 Å². The van der Waals surface area contributed by atoms with Crippen molar-refractivity contribution < 1.29 is 9.18 Å². The summed E-state index contributed by atoms with van der Waals surface area (Å²) in [5.74, 6) is 0.101. The van der Waals surface area contributed by atoms with Gasteiger partial charge in [0.15, 0.2) is 0 Å². The molecule has 38 heavy (non-hydrogen) atoms. The number of ketones is 1. The van der Waals surface area contributed by atoms with Gasteiger partial charge in [0.2, 0.25) is 0 Å². The first-order valence-corrected chi connectivity index (χ1v) is 13.8. The zero-order chi connectivity index (χ0) is 26.1. The number of hydrogen-bond acceptors (Lipinski definition) is 2. The van der Waals surface area contributed by atoms with E-state index >= 15 is 0 Å². The van der Waals surface area contributed by atoms with Crippen molar-refractivity contribution in [2.45, 2.75) is 50.1 Å². The second kappa shape index (κ2) is 8.47. The zero-order valence-corrected chi connectivity index (χ0v) is 22.0. The molecule has 2 heterocycles. The van der Waals surface area contributed by atoms with Crippen LogP contribution in [0.4, 0.5) is 4.39 Å².